The van der Waals surface area contributed by atoms with Crippen LogP contribution in [0.1, 0.15) is 18.9 Å². The first kappa shape index (κ1) is 13.4. The minimum absolute atomic E-state index is 0.0536. The number of carbonyl (C=O) groups excluding carboxylic acids is 1. The molecule has 1 unspecified atom stereocenters. The summed E-state index contributed by atoms with van der Waals surface area (Å²) in [5.41, 5.74) is -0.237. The van der Waals surface area contributed by atoms with Crippen molar-refractivity contribution in [2.45, 2.75) is 18.9 Å². The van der Waals surface area contributed by atoms with Gasteiger partial charge < -0.3 is 14.7 Å². The number of nitriles is 1. The number of carbonyl (C=O) groups is 1. The fraction of sp³-hybridized carbons (Fsp3) is 0.429. The summed E-state index contributed by atoms with van der Waals surface area (Å²) in [6.07, 6.45) is 0.593. The highest BCUT2D eigenvalue weighted by Gasteiger charge is 2.33. The normalized spacial score (nSPS) is 22.1. The zero-order chi connectivity index (χ0) is 13.9. The third-order valence-electron chi connectivity index (χ3n) is 3.15. The van der Waals surface area contributed by atoms with Crippen LogP contribution in [0.25, 0.3) is 0 Å². The molecule has 100 valence electrons. The average Bonchev–Trinajstić information content (AvgIpc) is 2.77. The largest absolute Gasteiger partial charge is 0.484 e. The van der Waals surface area contributed by atoms with Crippen LogP contribution in [0.3, 0.4) is 0 Å². The van der Waals surface area contributed by atoms with Crippen LogP contribution >= 0.6 is 0 Å². The van der Waals surface area contributed by atoms with Gasteiger partial charge in [0, 0.05) is 13.1 Å². The second-order valence-electron chi connectivity index (χ2n) is 4.99. The monoisotopic (exact) mass is 260 g/mol. The molecule has 1 N–H and O–H groups in total. The van der Waals surface area contributed by atoms with E-state index in [1.807, 2.05) is 6.07 Å². The fourth-order valence-electron chi connectivity index (χ4n) is 2.02. The van der Waals surface area contributed by atoms with Crippen LogP contribution in [-0.2, 0) is 4.79 Å². The summed E-state index contributed by atoms with van der Waals surface area (Å²) < 4.78 is 5.37. The molecule has 19 heavy (non-hydrogen) atoms. The van der Waals surface area contributed by atoms with Gasteiger partial charge in [0.25, 0.3) is 5.91 Å². The molecule has 0 radical (unpaired) electrons. The predicted octanol–water partition coefficient (Wildman–Crippen LogP) is 0.920. The second-order valence-corrected chi connectivity index (χ2v) is 4.99. The van der Waals surface area contributed by atoms with Crippen molar-refractivity contribution in [1.29, 1.82) is 5.26 Å². The molecule has 0 bridgehead atoms. The molecule has 5 nitrogen and oxygen atoms in total. The van der Waals surface area contributed by atoms with Crippen molar-refractivity contribution in [3.8, 4) is 11.8 Å². The molecule has 0 aromatic heterocycles. The first-order valence-corrected chi connectivity index (χ1v) is 6.13. The van der Waals surface area contributed by atoms with E-state index < -0.39 is 5.60 Å². The number of rotatable bonds is 3. The zero-order valence-electron chi connectivity index (χ0n) is 10.8. The van der Waals surface area contributed by atoms with Gasteiger partial charge >= 0.3 is 0 Å². The summed E-state index contributed by atoms with van der Waals surface area (Å²) >= 11 is 0. The van der Waals surface area contributed by atoms with Crippen molar-refractivity contribution in [3.05, 3.63) is 29.8 Å². The van der Waals surface area contributed by atoms with Gasteiger partial charge in [-0.3, -0.25) is 4.79 Å². The van der Waals surface area contributed by atoms with Crippen LogP contribution < -0.4 is 4.74 Å². The van der Waals surface area contributed by atoms with Gasteiger partial charge in [-0.15, -0.1) is 0 Å². The number of nitrogens with zero attached hydrogens (tertiary/aromatic N) is 2. The SMILES string of the molecule is CC1(O)CCN(C(=O)COc2ccc(C#N)cc2)C1. The van der Waals surface area contributed by atoms with E-state index >= 15 is 0 Å². The molecule has 1 saturated heterocycles. The Morgan fingerprint density at radius 1 is 1.53 bits per heavy atom. The maximum absolute atomic E-state index is 11.9. The van der Waals surface area contributed by atoms with E-state index in [0.29, 0.717) is 30.8 Å². The Labute approximate surface area is 112 Å². The summed E-state index contributed by atoms with van der Waals surface area (Å²) in [5, 5.41) is 18.5. The van der Waals surface area contributed by atoms with Crippen LogP contribution in [0.2, 0.25) is 0 Å². The first-order chi connectivity index (χ1) is 9.00. The molecular weight excluding hydrogens is 244 g/mol. The van der Waals surface area contributed by atoms with Gasteiger partial charge in [-0.2, -0.15) is 5.26 Å². The van der Waals surface area contributed by atoms with Crippen LogP contribution in [0.15, 0.2) is 24.3 Å². The number of β-amino-alcohol motifs (C(OH)–C–C–N with tert-alkyl or cyclic N) is 1. The van der Waals surface area contributed by atoms with Crippen molar-refractivity contribution in [1.82, 2.24) is 4.90 Å². The van der Waals surface area contributed by atoms with E-state index in [2.05, 4.69) is 0 Å². The molecule has 1 aromatic carbocycles. The van der Waals surface area contributed by atoms with E-state index in [1.54, 1.807) is 36.1 Å². The molecule has 1 aliphatic rings. The van der Waals surface area contributed by atoms with Crippen molar-refractivity contribution < 1.29 is 14.6 Å². The minimum Gasteiger partial charge on any atom is -0.484 e. The minimum atomic E-state index is -0.788. The highest BCUT2D eigenvalue weighted by molar-refractivity contribution is 5.78. The van der Waals surface area contributed by atoms with Crippen molar-refractivity contribution >= 4 is 5.91 Å². The van der Waals surface area contributed by atoms with Gasteiger partial charge in [0.2, 0.25) is 0 Å². The molecule has 1 amide bonds. The fourth-order valence-corrected chi connectivity index (χ4v) is 2.02. The molecular formula is C14H16N2O3. The Bertz CT molecular complexity index is 502. The second kappa shape index (κ2) is 5.29. The number of benzene rings is 1. The highest BCUT2D eigenvalue weighted by atomic mass is 16.5. The highest BCUT2D eigenvalue weighted by Crippen LogP contribution is 2.20. The van der Waals surface area contributed by atoms with Crippen molar-refractivity contribution in [2.24, 2.45) is 0 Å². The van der Waals surface area contributed by atoms with Crippen molar-refractivity contribution in [3.63, 3.8) is 0 Å². The van der Waals surface area contributed by atoms with E-state index in [1.165, 1.54) is 0 Å². The molecule has 2 rings (SSSR count). The Morgan fingerprint density at radius 3 is 2.74 bits per heavy atom. The van der Waals surface area contributed by atoms with Gasteiger partial charge in [0.15, 0.2) is 6.61 Å². The van der Waals surface area contributed by atoms with Crippen LogP contribution in [0.4, 0.5) is 0 Å². The number of ether oxygens (including phenoxy) is 1. The molecule has 0 aliphatic carbocycles. The van der Waals surface area contributed by atoms with Crippen molar-refractivity contribution in [2.75, 3.05) is 19.7 Å². The predicted molar refractivity (Wildman–Crippen MR) is 68.5 cm³/mol. The van der Waals surface area contributed by atoms with E-state index in [4.69, 9.17) is 10.00 Å². The summed E-state index contributed by atoms with van der Waals surface area (Å²) in [6, 6.07) is 8.61. The first-order valence-electron chi connectivity index (χ1n) is 6.13. The number of amides is 1. The van der Waals surface area contributed by atoms with Gasteiger partial charge in [0.05, 0.1) is 17.2 Å². The molecule has 1 heterocycles. The lowest BCUT2D eigenvalue weighted by atomic mass is 10.1. The third-order valence-corrected chi connectivity index (χ3v) is 3.15. The van der Waals surface area contributed by atoms with Crippen LogP contribution in [0.5, 0.6) is 5.75 Å². The number of hydrogen-bond donors (Lipinski definition) is 1. The third kappa shape index (κ3) is 3.46. The maximum Gasteiger partial charge on any atom is 0.260 e. The molecule has 1 fully saturated rings. The number of likely N-dealkylation sites (tertiary alicyclic amines) is 1. The molecule has 1 aromatic rings. The maximum atomic E-state index is 11.9. The number of hydrogen-bond acceptors (Lipinski definition) is 4. The van der Waals surface area contributed by atoms with Crippen LogP contribution in [-0.4, -0.2) is 41.2 Å². The van der Waals surface area contributed by atoms with Gasteiger partial charge in [0.1, 0.15) is 5.75 Å². The Morgan fingerprint density at radius 2 is 2.21 bits per heavy atom. The Balaban J connectivity index is 1.85. The lowest BCUT2D eigenvalue weighted by Crippen LogP contribution is -2.36. The standard InChI is InChI=1S/C14H16N2O3/c1-14(18)6-7-16(10-14)13(17)9-19-12-4-2-11(8-15)3-5-12/h2-5,18H,6-7,9-10H2,1H3. The molecule has 1 atom stereocenters. The number of aliphatic hydroxyl groups is 1. The van der Waals surface area contributed by atoms with E-state index in [9.17, 15) is 9.90 Å². The molecule has 0 saturated carbocycles. The van der Waals surface area contributed by atoms with Gasteiger partial charge in [-0.25, -0.2) is 0 Å². The van der Waals surface area contributed by atoms with E-state index in [-0.39, 0.29) is 12.5 Å². The molecule has 5 heteroatoms. The van der Waals surface area contributed by atoms with Gasteiger partial charge in [-0.1, -0.05) is 0 Å². The summed E-state index contributed by atoms with van der Waals surface area (Å²) in [4.78, 5) is 13.5. The molecule has 1 aliphatic heterocycles. The summed E-state index contributed by atoms with van der Waals surface area (Å²) in [5.74, 6) is 0.417. The lowest BCUT2D eigenvalue weighted by molar-refractivity contribution is -0.133. The summed E-state index contributed by atoms with van der Waals surface area (Å²) in [6.45, 7) is 2.58. The Kier molecular flexibility index (Phi) is 3.72. The smallest absolute Gasteiger partial charge is 0.260 e. The average molecular weight is 260 g/mol. The van der Waals surface area contributed by atoms with Gasteiger partial charge in [-0.05, 0) is 37.6 Å². The Hall–Kier alpha value is -2.06. The summed E-state index contributed by atoms with van der Waals surface area (Å²) in [7, 11) is 0. The van der Waals surface area contributed by atoms with Crippen LogP contribution in [0, 0.1) is 11.3 Å². The zero-order valence-corrected chi connectivity index (χ0v) is 10.8. The lowest BCUT2D eigenvalue weighted by Gasteiger charge is -2.19. The molecule has 0 spiro atoms. The quantitative estimate of drug-likeness (QED) is 0.877. The topological polar surface area (TPSA) is 73.6 Å². The van der Waals surface area contributed by atoms with E-state index in [0.717, 1.165) is 0 Å².